The molecule has 0 saturated heterocycles. The molecule has 0 amide bonds. The van der Waals surface area contributed by atoms with Gasteiger partial charge in [0.05, 0.1) is 53.4 Å². The number of pyridine rings is 1. The third-order valence-corrected chi connectivity index (χ3v) is 5.95. The first-order valence-corrected chi connectivity index (χ1v) is 13.0. The molecule has 0 saturated carbocycles. The number of aryl methyl sites for hydroxylation is 2. The Kier molecular flexibility index (Phi) is 11.5. The van der Waals surface area contributed by atoms with Crippen LogP contribution >= 0.6 is 15.9 Å². The van der Waals surface area contributed by atoms with Crippen molar-refractivity contribution in [3.8, 4) is 22.6 Å². The van der Waals surface area contributed by atoms with Gasteiger partial charge in [-0.05, 0) is 74.7 Å². The zero-order valence-corrected chi connectivity index (χ0v) is 23.2. The van der Waals surface area contributed by atoms with Gasteiger partial charge < -0.3 is 18.9 Å². The highest BCUT2D eigenvalue weighted by Gasteiger charge is 2.29. The molecule has 0 fully saturated rings. The quantitative estimate of drug-likeness (QED) is 0.199. The Balaban J connectivity index is 2.72. The molecule has 0 aliphatic heterocycles. The molecule has 2 rings (SSSR count). The first-order valence-electron chi connectivity index (χ1n) is 12.2. The van der Waals surface area contributed by atoms with Crippen LogP contribution in [0.3, 0.4) is 0 Å². The van der Waals surface area contributed by atoms with E-state index in [4.69, 9.17) is 18.9 Å². The number of hydrogen-bond donors (Lipinski definition) is 0. The highest BCUT2D eigenvalue weighted by Crippen LogP contribution is 2.42. The zero-order chi connectivity index (χ0) is 26.0. The van der Waals surface area contributed by atoms with E-state index in [1.807, 2.05) is 13.0 Å². The number of hydrogen-bond acceptors (Lipinski definition) is 7. The van der Waals surface area contributed by atoms with Crippen LogP contribution in [0.5, 0.6) is 11.5 Å². The SMILES string of the molecule is CCCCCCOc1c(Br)cc(-c2c(C(=O)OCC)c(C)nc(C)c2C(=O)OCC)cc1OCC. The molecule has 1 aromatic carbocycles. The lowest BCUT2D eigenvalue weighted by molar-refractivity contribution is 0.0525. The van der Waals surface area contributed by atoms with E-state index in [0.717, 1.165) is 25.7 Å². The molecular weight excluding hydrogens is 514 g/mol. The Morgan fingerprint density at radius 2 is 1.43 bits per heavy atom. The Morgan fingerprint density at radius 1 is 0.829 bits per heavy atom. The van der Waals surface area contributed by atoms with Gasteiger partial charge in [0.2, 0.25) is 0 Å². The number of benzene rings is 1. The predicted octanol–water partition coefficient (Wildman–Crippen LogP) is 6.84. The van der Waals surface area contributed by atoms with Gasteiger partial charge in [0, 0.05) is 5.56 Å². The average Bonchev–Trinajstić information content (AvgIpc) is 2.80. The normalized spacial score (nSPS) is 10.7. The van der Waals surface area contributed by atoms with Crippen LogP contribution in [0.15, 0.2) is 16.6 Å². The van der Waals surface area contributed by atoms with Crippen LogP contribution < -0.4 is 9.47 Å². The number of unbranched alkanes of at least 4 members (excludes halogenated alkanes) is 3. The van der Waals surface area contributed by atoms with Crippen molar-refractivity contribution in [2.24, 2.45) is 0 Å². The summed E-state index contributed by atoms with van der Waals surface area (Å²) in [7, 11) is 0. The fraction of sp³-hybridized carbons (Fsp3) is 0.519. The molecule has 0 bridgehead atoms. The molecule has 1 heterocycles. The summed E-state index contributed by atoms with van der Waals surface area (Å²) in [5.41, 5.74) is 2.39. The molecule has 0 aliphatic carbocycles. The second kappa shape index (κ2) is 14.1. The lowest BCUT2D eigenvalue weighted by Gasteiger charge is -2.20. The van der Waals surface area contributed by atoms with Crippen LogP contribution in [0.25, 0.3) is 11.1 Å². The Hall–Kier alpha value is -2.61. The first-order chi connectivity index (χ1) is 16.8. The van der Waals surface area contributed by atoms with Gasteiger partial charge in [-0.2, -0.15) is 0 Å². The van der Waals surface area contributed by atoms with Gasteiger partial charge in [0.25, 0.3) is 0 Å². The third-order valence-electron chi connectivity index (χ3n) is 5.36. The highest BCUT2D eigenvalue weighted by atomic mass is 79.9. The summed E-state index contributed by atoms with van der Waals surface area (Å²) in [6.45, 7) is 12.3. The van der Waals surface area contributed by atoms with Gasteiger partial charge in [0.15, 0.2) is 11.5 Å². The molecule has 2 aromatic rings. The largest absolute Gasteiger partial charge is 0.490 e. The van der Waals surface area contributed by atoms with E-state index in [2.05, 4.69) is 27.8 Å². The maximum atomic E-state index is 13.0. The molecule has 8 heteroatoms. The molecule has 0 spiro atoms. The molecular formula is C27H36BrNO6. The number of rotatable bonds is 13. The third kappa shape index (κ3) is 7.19. The van der Waals surface area contributed by atoms with Gasteiger partial charge >= 0.3 is 11.9 Å². The van der Waals surface area contributed by atoms with E-state index in [-0.39, 0.29) is 24.3 Å². The van der Waals surface area contributed by atoms with E-state index < -0.39 is 11.9 Å². The van der Waals surface area contributed by atoms with Crippen molar-refractivity contribution in [3.05, 3.63) is 39.1 Å². The maximum Gasteiger partial charge on any atom is 0.340 e. The maximum absolute atomic E-state index is 13.0. The summed E-state index contributed by atoms with van der Waals surface area (Å²) in [6.07, 6.45) is 4.35. The zero-order valence-electron chi connectivity index (χ0n) is 21.6. The minimum atomic E-state index is -0.552. The lowest BCUT2D eigenvalue weighted by atomic mass is 9.92. The number of halogens is 1. The molecule has 7 nitrogen and oxygen atoms in total. The van der Waals surface area contributed by atoms with Gasteiger partial charge in [-0.25, -0.2) is 9.59 Å². The van der Waals surface area contributed by atoms with Gasteiger partial charge in [-0.3, -0.25) is 4.98 Å². The molecule has 0 aliphatic rings. The number of ether oxygens (including phenoxy) is 4. The number of nitrogens with zero attached hydrogens (tertiary/aromatic N) is 1. The van der Waals surface area contributed by atoms with E-state index >= 15 is 0 Å². The van der Waals surface area contributed by atoms with E-state index in [1.54, 1.807) is 33.8 Å². The molecule has 0 N–H and O–H groups in total. The van der Waals surface area contributed by atoms with Crippen molar-refractivity contribution >= 4 is 27.9 Å². The fourth-order valence-electron chi connectivity index (χ4n) is 3.86. The number of aromatic nitrogens is 1. The molecule has 192 valence electrons. The van der Waals surface area contributed by atoms with E-state index in [9.17, 15) is 9.59 Å². The topological polar surface area (TPSA) is 84.0 Å². The molecule has 0 radical (unpaired) electrons. The van der Waals surface area contributed by atoms with E-state index in [0.29, 0.717) is 51.7 Å². The summed E-state index contributed by atoms with van der Waals surface area (Å²) in [5, 5.41) is 0. The molecule has 0 atom stereocenters. The summed E-state index contributed by atoms with van der Waals surface area (Å²) < 4.78 is 23.3. The second-order valence-electron chi connectivity index (χ2n) is 7.98. The van der Waals surface area contributed by atoms with Crippen LogP contribution in [0.1, 0.15) is 85.5 Å². The number of carbonyl (C=O) groups is 2. The standard InChI is InChI=1S/C27H36BrNO6/c1-7-11-12-13-14-35-25-20(28)15-19(16-21(25)32-8-2)24-22(26(30)33-9-3)17(5)29-18(6)23(24)27(31)34-10-4/h15-16H,7-14H2,1-6H3. The van der Waals surface area contributed by atoms with Crippen molar-refractivity contribution in [1.29, 1.82) is 0 Å². The van der Waals surface area contributed by atoms with Crippen molar-refractivity contribution < 1.29 is 28.5 Å². The number of esters is 2. The second-order valence-corrected chi connectivity index (χ2v) is 8.83. The summed E-state index contributed by atoms with van der Waals surface area (Å²) >= 11 is 3.62. The fourth-order valence-corrected chi connectivity index (χ4v) is 4.42. The Morgan fingerprint density at radius 3 is 1.94 bits per heavy atom. The summed E-state index contributed by atoms with van der Waals surface area (Å²) in [4.78, 5) is 30.5. The molecule has 0 unspecified atom stereocenters. The van der Waals surface area contributed by atoms with Crippen LogP contribution in [0.4, 0.5) is 0 Å². The summed E-state index contributed by atoms with van der Waals surface area (Å²) in [6, 6.07) is 3.61. The van der Waals surface area contributed by atoms with Crippen molar-refractivity contribution in [3.63, 3.8) is 0 Å². The number of carbonyl (C=O) groups excluding carboxylic acids is 2. The Labute approximate surface area is 216 Å². The lowest BCUT2D eigenvalue weighted by Crippen LogP contribution is -2.17. The monoisotopic (exact) mass is 549 g/mol. The van der Waals surface area contributed by atoms with Crippen LogP contribution in [0, 0.1) is 13.8 Å². The van der Waals surface area contributed by atoms with Gasteiger partial charge in [0.1, 0.15) is 0 Å². The smallest absolute Gasteiger partial charge is 0.340 e. The Bertz CT molecular complexity index is 995. The van der Waals surface area contributed by atoms with Crippen molar-refractivity contribution in [2.45, 2.75) is 67.2 Å². The van der Waals surface area contributed by atoms with Crippen molar-refractivity contribution in [1.82, 2.24) is 4.98 Å². The van der Waals surface area contributed by atoms with Gasteiger partial charge in [-0.1, -0.05) is 26.2 Å². The van der Waals surface area contributed by atoms with Crippen molar-refractivity contribution in [2.75, 3.05) is 26.4 Å². The van der Waals surface area contributed by atoms with Gasteiger partial charge in [-0.15, -0.1) is 0 Å². The molecule has 1 aromatic heterocycles. The minimum Gasteiger partial charge on any atom is -0.490 e. The molecule has 35 heavy (non-hydrogen) atoms. The summed E-state index contributed by atoms with van der Waals surface area (Å²) in [5.74, 6) is 0.000772. The predicted molar refractivity (Wildman–Crippen MR) is 140 cm³/mol. The minimum absolute atomic E-state index is 0.193. The van der Waals surface area contributed by atoms with Crippen LogP contribution in [-0.4, -0.2) is 43.4 Å². The first kappa shape index (κ1) is 28.6. The van der Waals surface area contributed by atoms with Crippen LogP contribution in [0.2, 0.25) is 0 Å². The van der Waals surface area contributed by atoms with E-state index in [1.165, 1.54) is 0 Å². The highest BCUT2D eigenvalue weighted by molar-refractivity contribution is 9.10. The average molecular weight is 550 g/mol. The van der Waals surface area contributed by atoms with Crippen LogP contribution in [-0.2, 0) is 9.47 Å².